The molecule has 0 aromatic heterocycles. The van der Waals surface area contributed by atoms with Crippen molar-refractivity contribution >= 4 is 17.6 Å². The fraction of sp³-hybridized carbons (Fsp3) is 0.588. The molecule has 0 bridgehead atoms. The third-order valence-electron chi connectivity index (χ3n) is 3.33. The summed E-state index contributed by atoms with van der Waals surface area (Å²) in [5, 5.41) is 10.5. The number of carbonyl (C=O) groups excluding carboxylic acids is 2. The minimum Gasteiger partial charge on any atom is -0.488 e. The highest BCUT2D eigenvalue weighted by atomic mass is 16.5. The maximum Gasteiger partial charge on any atom is 0.249 e. The van der Waals surface area contributed by atoms with Gasteiger partial charge in [0.05, 0.1) is 6.54 Å². The molecule has 6 heteroatoms. The van der Waals surface area contributed by atoms with Crippen LogP contribution in [0.5, 0.6) is 0 Å². The zero-order valence-corrected chi connectivity index (χ0v) is 14.9. The Labute approximate surface area is 139 Å². The molecule has 1 atom stereocenters. The van der Waals surface area contributed by atoms with Crippen LogP contribution in [0.25, 0.3) is 0 Å². The molecule has 1 unspecified atom stereocenters. The number of hydrogen-bond acceptors (Lipinski definition) is 4. The normalized spacial score (nSPS) is 22.6. The molecule has 0 aromatic rings. The zero-order valence-electron chi connectivity index (χ0n) is 14.9. The number of ether oxygens (including phenoxy) is 1. The Morgan fingerprint density at radius 1 is 1.35 bits per heavy atom. The molecular weight excluding hydrogens is 294 g/mol. The maximum absolute atomic E-state index is 11.8. The molecule has 2 heterocycles. The van der Waals surface area contributed by atoms with Gasteiger partial charge < -0.3 is 9.64 Å². The third-order valence-corrected chi connectivity index (χ3v) is 3.33. The van der Waals surface area contributed by atoms with E-state index in [1.165, 1.54) is 0 Å². The Morgan fingerprint density at radius 3 is 2.48 bits per heavy atom. The Kier molecular flexibility index (Phi) is 9.62. The number of morpholine rings is 1. The lowest BCUT2D eigenvalue weighted by Gasteiger charge is -2.38. The van der Waals surface area contributed by atoms with Crippen molar-refractivity contribution in [1.82, 2.24) is 10.2 Å². The number of allylic oxidation sites excluding steroid dienone is 2. The van der Waals surface area contributed by atoms with E-state index in [-0.39, 0.29) is 17.6 Å². The molecular formula is C17H29N3O3. The highest BCUT2D eigenvalue weighted by Crippen LogP contribution is 2.21. The number of nitrogens with zero attached hydrogens (tertiary/aromatic N) is 1. The van der Waals surface area contributed by atoms with E-state index in [9.17, 15) is 9.59 Å². The fourth-order valence-corrected chi connectivity index (χ4v) is 2.24. The second-order valence-electron chi connectivity index (χ2n) is 4.57. The van der Waals surface area contributed by atoms with E-state index in [4.69, 9.17) is 10.1 Å². The average molecular weight is 323 g/mol. The van der Waals surface area contributed by atoms with E-state index >= 15 is 0 Å². The van der Waals surface area contributed by atoms with Gasteiger partial charge in [-0.3, -0.25) is 20.3 Å². The molecule has 0 radical (unpaired) electrons. The third kappa shape index (κ3) is 5.23. The predicted octanol–water partition coefficient (Wildman–Crippen LogP) is 2.61. The molecule has 2 aliphatic heterocycles. The average Bonchev–Trinajstić information content (AvgIpc) is 2.58. The minimum atomic E-state index is -0.471. The summed E-state index contributed by atoms with van der Waals surface area (Å²) in [4.78, 5) is 24.7. The number of hydrogen-bond donors (Lipinski definition) is 2. The van der Waals surface area contributed by atoms with Crippen molar-refractivity contribution in [2.24, 2.45) is 0 Å². The number of nitrogens with one attached hydrogen (secondary N) is 2. The Hall–Kier alpha value is -2.11. The van der Waals surface area contributed by atoms with Crippen LogP contribution < -0.4 is 5.32 Å². The molecule has 2 aliphatic rings. The van der Waals surface area contributed by atoms with Crippen molar-refractivity contribution in [2.75, 3.05) is 13.2 Å². The first-order valence-electron chi connectivity index (χ1n) is 8.20. The predicted molar refractivity (Wildman–Crippen MR) is 92.1 cm³/mol. The van der Waals surface area contributed by atoms with Crippen molar-refractivity contribution in [3.05, 3.63) is 24.0 Å². The summed E-state index contributed by atoms with van der Waals surface area (Å²) in [6.45, 7) is 14.4. The number of imide groups is 1. The van der Waals surface area contributed by atoms with Gasteiger partial charge >= 0.3 is 0 Å². The first kappa shape index (κ1) is 20.9. The molecule has 0 aliphatic carbocycles. The highest BCUT2D eigenvalue weighted by molar-refractivity contribution is 6.04. The van der Waals surface area contributed by atoms with E-state index in [1.54, 1.807) is 11.0 Å². The molecule has 2 amide bonds. The van der Waals surface area contributed by atoms with Gasteiger partial charge in [-0.05, 0) is 18.9 Å². The Morgan fingerprint density at radius 2 is 1.96 bits per heavy atom. The summed E-state index contributed by atoms with van der Waals surface area (Å²) in [5.74, 6) is 0.0432. The van der Waals surface area contributed by atoms with Gasteiger partial charge in [0, 0.05) is 6.42 Å². The van der Waals surface area contributed by atoms with Crippen LogP contribution in [0.1, 0.15) is 47.5 Å². The molecule has 2 N–H and O–H groups in total. The molecule has 0 saturated carbocycles. The smallest absolute Gasteiger partial charge is 0.249 e. The zero-order chi connectivity index (χ0) is 18.0. The molecule has 23 heavy (non-hydrogen) atoms. The van der Waals surface area contributed by atoms with Gasteiger partial charge in [0.15, 0.2) is 11.6 Å². The van der Waals surface area contributed by atoms with Gasteiger partial charge in [0.2, 0.25) is 11.8 Å². The minimum absolute atomic E-state index is 0.179. The monoisotopic (exact) mass is 323 g/mol. The number of amidine groups is 1. The van der Waals surface area contributed by atoms with Gasteiger partial charge in [-0.15, -0.1) is 0 Å². The van der Waals surface area contributed by atoms with Crippen LogP contribution in [-0.2, 0) is 14.3 Å². The standard InChI is InChI=1S/C13H17N3O3.2C2H6/c1-3-8(2)11-12(14)16(6-7-19-11)9-4-5-10(17)15-13(9)18;2*1-2/h3,9,14H,1,4-7H2,2H3,(H,15,17,18);2*1-2H3/b11-8+,14-12?;;. The molecule has 2 saturated heterocycles. The van der Waals surface area contributed by atoms with E-state index in [0.29, 0.717) is 31.8 Å². The number of carbonyl (C=O) groups is 2. The summed E-state index contributed by atoms with van der Waals surface area (Å²) in [6, 6.07) is -0.471. The van der Waals surface area contributed by atoms with Gasteiger partial charge in [-0.25, -0.2) is 0 Å². The summed E-state index contributed by atoms with van der Waals surface area (Å²) in [6.07, 6.45) is 2.37. The van der Waals surface area contributed by atoms with Crippen molar-refractivity contribution in [1.29, 1.82) is 5.41 Å². The lowest BCUT2D eigenvalue weighted by Crippen LogP contribution is -2.56. The number of rotatable bonds is 2. The SMILES string of the molecule is C=C/C(C)=C1/OCCN(C2CCC(=O)NC2=O)C1=N.CC.CC. The lowest BCUT2D eigenvalue weighted by molar-refractivity contribution is -0.136. The summed E-state index contributed by atoms with van der Waals surface area (Å²) < 4.78 is 5.46. The van der Waals surface area contributed by atoms with E-state index in [1.807, 2.05) is 34.6 Å². The molecule has 2 rings (SSSR count). The van der Waals surface area contributed by atoms with E-state index < -0.39 is 6.04 Å². The van der Waals surface area contributed by atoms with Gasteiger partial charge in [0.1, 0.15) is 12.6 Å². The van der Waals surface area contributed by atoms with Crippen molar-refractivity contribution in [3.63, 3.8) is 0 Å². The van der Waals surface area contributed by atoms with Crippen LogP contribution >= 0.6 is 0 Å². The fourth-order valence-electron chi connectivity index (χ4n) is 2.24. The molecule has 2 fully saturated rings. The summed E-state index contributed by atoms with van der Waals surface area (Å²) in [5.41, 5.74) is 0.766. The van der Waals surface area contributed by atoms with Gasteiger partial charge in [0.25, 0.3) is 0 Å². The van der Waals surface area contributed by atoms with Crippen LogP contribution in [0.15, 0.2) is 24.0 Å². The highest BCUT2D eigenvalue weighted by Gasteiger charge is 2.36. The van der Waals surface area contributed by atoms with Crippen molar-refractivity contribution in [2.45, 2.75) is 53.5 Å². The van der Waals surface area contributed by atoms with Crippen molar-refractivity contribution in [3.8, 4) is 0 Å². The largest absolute Gasteiger partial charge is 0.488 e. The van der Waals surface area contributed by atoms with Crippen LogP contribution in [0, 0.1) is 5.41 Å². The number of piperidine rings is 1. The Bertz CT molecular complexity index is 483. The van der Waals surface area contributed by atoms with E-state index in [0.717, 1.165) is 5.57 Å². The van der Waals surface area contributed by atoms with Crippen molar-refractivity contribution < 1.29 is 14.3 Å². The van der Waals surface area contributed by atoms with Crippen LogP contribution in [0.3, 0.4) is 0 Å². The van der Waals surface area contributed by atoms with Crippen LogP contribution in [-0.4, -0.2) is 41.7 Å². The van der Waals surface area contributed by atoms with Crippen LogP contribution in [0.2, 0.25) is 0 Å². The second-order valence-corrected chi connectivity index (χ2v) is 4.57. The number of amides is 2. The molecule has 0 aromatic carbocycles. The van der Waals surface area contributed by atoms with Crippen LogP contribution in [0.4, 0.5) is 0 Å². The Balaban J connectivity index is 0.00000112. The molecule has 0 spiro atoms. The van der Waals surface area contributed by atoms with Gasteiger partial charge in [-0.1, -0.05) is 40.3 Å². The quantitative estimate of drug-likeness (QED) is 0.765. The maximum atomic E-state index is 11.8. The topological polar surface area (TPSA) is 82.5 Å². The second kappa shape index (κ2) is 10.6. The summed E-state index contributed by atoms with van der Waals surface area (Å²) in [7, 11) is 0. The molecule has 6 nitrogen and oxygen atoms in total. The van der Waals surface area contributed by atoms with E-state index in [2.05, 4.69) is 11.9 Å². The lowest BCUT2D eigenvalue weighted by atomic mass is 10.0. The van der Waals surface area contributed by atoms with Gasteiger partial charge in [-0.2, -0.15) is 0 Å². The summed E-state index contributed by atoms with van der Waals surface area (Å²) >= 11 is 0. The first-order chi connectivity index (χ1) is 11.0. The molecule has 130 valence electrons. The first-order valence-corrected chi connectivity index (χ1v) is 8.20.